The highest BCUT2D eigenvalue weighted by Crippen LogP contribution is 2.31. The van der Waals surface area contributed by atoms with Crippen molar-refractivity contribution in [1.29, 1.82) is 0 Å². The maximum absolute atomic E-state index is 9.63. The van der Waals surface area contributed by atoms with Gasteiger partial charge in [0.05, 0.1) is 6.10 Å². The number of hydrogen-bond acceptors (Lipinski definition) is 2. The molecule has 0 saturated heterocycles. The maximum Gasteiger partial charge on any atom is 0.0772 e. The Bertz CT molecular complexity index is 409. The standard InChI is InChI=1S/C15H24BrNO/c1-10(18)13-8-7-12(9-14(13)16)17(6)11(2)15(3,4)5/h7-11,18H,1-6H3. The Balaban J connectivity index is 3.02. The third-order valence-electron chi connectivity index (χ3n) is 3.68. The van der Waals surface area contributed by atoms with Crippen LogP contribution < -0.4 is 4.90 Å². The van der Waals surface area contributed by atoms with E-state index in [-0.39, 0.29) is 5.41 Å². The minimum atomic E-state index is -0.446. The Morgan fingerprint density at radius 3 is 2.17 bits per heavy atom. The van der Waals surface area contributed by atoms with Crippen LogP contribution in [0.5, 0.6) is 0 Å². The minimum Gasteiger partial charge on any atom is -0.389 e. The van der Waals surface area contributed by atoms with E-state index in [4.69, 9.17) is 0 Å². The van der Waals surface area contributed by atoms with E-state index < -0.39 is 6.10 Å². The zero-order valence-electron chi connectivity index (χ0n) is 12.2. The summed E-state index contributed by atoms with van der Waals surface area (Å²) in [5.74, 6) is 0. The van der Waals surface area contributed by atoms with Crippen molar-refractivity contribution < 1.29 is 5.11 Å². The number of rotatable bonds is 3. The highest BCUT2D eigenvalue weighted by atomic mass is 79.9. The molecule has 1 aromatic carbocycles. The summed E-state index contributed by atoms with van der Waals surface area (Å²) < 4.78 is 0.961. The summed E-state index contributed by atoms with van der Waals surface area (Å²) in [6.07, 6.45) is -0.446. The molecule has 3 heteroatoms. The first-order valence-electron chi connectivity index (χ1n) is 6.35. The van der Waals surface area contributed by atoms with Crippen molar-refractivity contribution in [2.75, 3.05) is 11.9 Å². The number of anilines is 1. The summed E-state index contributed by atoms with van der Waals surface area (Å²) in [4.78, 5) is 2.27. The third-order valence-corrected chi connectivity index (χ3v) is 4.36. The largest absolute Gasteiger partial charge is 0.389 e. The van der Waals surface area contributed by atoms with E-state index in [1.54, 1.807) is 6.92 Å². The molecule has 2 unspecified atom stereocenters. The maximum atomic E-state index is 9.63. The SMILES string of the molecule is CC(O)c1ccc(N(C)C(C)C(C)(C)C)cc1Br. The van der Waals surface area contributed by atoms with Gasteiger partial charge in [0.2, 0.25) is 0 Å². The molecule has 0 fully saturated rings. The molecule has 0 heterocycles. The van der Waals surface area contributed by atoms with Crippen molar-refractivity contribution >= 4 is 21.6 Å². The van der Waals surface area contributed by atoms with Crippen LogP contribution in [0.25, 0.3) is 0 Å². The molecule has 1 rings (SSSR count). The molecule has 102 valence electrons. The van der Waals surface area contributed by atoms with Crippen molar-refractivity contribution in [3.8, 4) is 0 Å². The van der Waals surface area contributed by atoms with Gasteiger partial charge >= 0.3 is 0 Å². The summed E-state index contributed by atoms with van der Waals surface area (Å²) in [5.41, 5.74) is 2.31. The van der Waals surface area contributed by atoms with E-state index >= 15 is 0 Å². The molecule has 2 atom stereocenters. The number of benzene rings is 1. The Labute approximate surface area is 119 Å². The lowest BCUT2D eigenvalue weighted by Gasteiger charge is -2.37. The van der Waals surface area contributed by atoms with Gasteiger partial charge in [-0.15, -0.1) is 0 Å². The predicted octanol–water partition coefficient (Wildman–Crippen LogP) is 4.37. The number of aliphatic hydroxyl groups excluding tert-OH is 1. The zero-order chi connectivity index (χ0) is 14.1. The average molecular weight is 314 g/mol. The van der Waals surface area contributed by atoms with Gasteiger partial charge in [-0.2, -0.15) is 0 Å². The third kappa shape index (κ3) is 3.48. The molecule has 1 N–H and O–H groups in total. The van der Waals surface area contributed by atoms with E-state index in [0.29, 0.717) is 6.04 Å². The van der Waals surface area contributed by atoms with Crippen LogP contribution in [0.4, 0.5) is 5.69 Å². The van der Waals surface area contributed by atoms with Crippen molar-refractivity contribution in [3.05, 3.63) is 28.2 Å². The highest BCUT2D eigenvalue weighted by molar-refractivity contribution is 9.10. The molecule has 0 spiro atoms. The number of aliphatic hydroxyl groups is 1. The van der Waals surface area contributed by atoms with Crippen LogP contribution in [0.2, 0.25) is 0 Å². The molecule has 0 amide bonds. The molecule has 0 aliphatic heterocycles. The van der Waals surface area contributed by atoms with Crippen LogP contribution in [0, 0.1) is 5.41 Å². The highest BCUT2D eigenvalue weighted by Gasteiger charge is 2.24. The second-order valence-electron chi connectivity index (χ2n) is 6.03. The van der Waals surface area contributed by atoms with E-state index in [9.17, 15) is 5.11 Å². The summed E-state index contributed by atoms with van der Waals surface area (Å²) in [5, 5.41) is 9.63. The zero-order valence-corrected chi connectivity index (χ0v) is 13.7. The van der Waals surface area contributed by atoms with Crippen LogP contribution in [0.1, 0.15) is 46.3 Å². The van der Waals surface area contributed by atoms with Crippen LogP contribution in [-0.2, 0) is 0 Å². The summed E-state index contributed by atoms with van der Waals surface area (Å²) in [6.45, 7) is 10.7. The molecular formula is C15H24BrNO. The topological polar surface area (TPSA) is 23.5 Å². The van der Waals surface area contributed by atoms with Gasteiger partial charge in [0.25, 0.3) is 0 Å². The molecule has 2 nitrogen and oxygen atoms in total. The van der Waals surface area contributed by atoms with Gasteiger partial charge in [-0.25, -0.2) is 0 Å². The van der Waals surface area contributed by atoms with Crippen molar-refractivity contribution in [3.63, 3.8) is 0 Å². The van der Waals surface area contributed by atoms with Crippen LogP contribution in [-0.4, -0.2) is 18.2 Å². The van der Waals surface area contributed by atoms with Gasteiger partial charge in [-0.05, 0) is 37.0 Å². The van der Waals surface area contributed by atoms with E-state index in [0.717, 1.165) is 15.7 Å². The van der Waals surface area contributed by atoms with Gasteiger partial charge in [0.1, 0.15) is 0 Å². The van der Waals surface area contributed by atoms with Crippen molar-refractivity contribution in [1.82, 2.24) is 0 Å². The fourth-order valence-electron chi connectivity index (χ4n) is 1.88. The Hall–Kier alpha value is -0.540. The molecule has 0 aliphatic carbocycles. The van der Waals surface area contributed by atoms with Gasteiger partial charge < -0.3 is 10.0 Å². The van der Waals surface area contributed by atoms with Gasteiger partial charge in [-0.3, -0.25) is 0 Å². The van der Waals surface area contributed by atoms with Gasteiger partial charge in [0, 0.05) is 23.2 Å². The van der Waals surface area contributed by atoms with Crippen molar-refractivity contribution in [2.45, 2.75) is 46.8 Å². The second-order valence-corrected chi connectivity index (χ2v) is 6.89. The lowest BCUT2D eigenvalue weighted by molar-refractivity contribution is 0.198. The summed E-state index contributed by atoms with van der Waals surface area (Å²) in [7, 11) is 2.11. The monoisotopic (exact) mass is 313 g/mol. The summed E-state index contributed by atoms with van der Waals surface area (Å²) >= 11 is 3.53. The molecule has 18 heavy (non-hydrogen) atoms. The summed E-state index contributed by atoms with van der Waals surface area (Å²) in [6, 6.07) is 6.55. The van der Waals surface area contributed by atoms with E-state index in [2.05, 4.69) is 67.7 Å². The lowest BCUT2D eigenvalue weighted by Crippen LogP contribution is -2.39. The first kappa shape index (κ1) is 15.5. The van der Waals surface area contributed by atoms with Crippen LogP contribution in [0.3, 0.4) is 0 Å². The lowest BCUT2D eigenvalue weighted by atomic mass is 9.87. The van der Waals surface area contributed by atoms with Gasteiger partial charge in [-0.1, -0.05) is 42.8 Å². The smallest absolute Gasteiger partial charge is 0.0772 e. The van der Waals surface area contributed by atoms with Crippen LogP contribution >= 0.6 is 15.9 Å². The molecule has 0 aromatic heterocycles. The van der Waals surface area contributed by atoms with E-state index in [1.165, 1.54) is 0 Å². The van der Waals surface area contributed by atoms with Crippen molar-refractivity contribution in [2.24, 2.45) is 5.41 Å². The Morgan fingerprint density at radius 1 is 1.22 bits per heavy atom. The molecule has 0 radical (unpaired) electrons. The number of halogens is 1. The minimum absolute atomic E-state index is 0.226. The van der Waals surface area contributed by atoms with Crippen LogP contribution in [0.15, 0.2) is 22.7 Å². The molecule has 0 saturated carbocycles. The molecular weight excluding hydrogens is 290 g/mol. The quantitative estimate of drug-likeness (QED) is 0.895. The molecule has 1 aromatic rings. The second kappa shape index (κ2) is 5.62. The normalized spacial score (nSPS) is 15.3. The number of nitrogens with zero attached hydrogens (tertiary/aromatic N) is 1. The fraction of sp³-hybridized carbons (Fsp3) is 0.600. The molecule has 0 bridgehead atoms. The van der Waals surface area contributed by atoms with Gasteiger partial charge in [0.15, 0.2) is 0 Å². The first-order chi connectivity index (χ1) is 8.14. The Kier molecular flexibility index (Phi) is 4.84. The molecule has 0 aliphatic rings. The average Bonchev–Trinajstić information content (AvgIpc) is 2.25. The first-order valence-corrected chi connectivity index (χ1v) is 7.14. The predicted molar refractivity (Wildman–Crippen MR) is 82.1 cm³/mol. The number of hydrogen-bond donors (Lipinski definition) is 1. The van der Waals surface area contributed by atoms with E-state index in [1.807, 2.05) is 6.07 Å². The fourth-order valence-corrected chi connectivity index (χ4v) is 2.58. The Morgan fingerprint density at radius 2 is 1.78 bits per heavy atom.